The molecule has 5 heteroatoms. The van der Waals surface area contributed by atoms with E-state index in [2.05, 4.69) is 10.6 Å². The zero-order valence-electron chi connectivity index (χ0n) is 10.7. The van der Waals surface area contributed by atoms with E-state index in [4.69, 9.17) is 4.74 Å². The number of carbonyl (C=O) groups excluding carboxylic acids is 2. The number of carbonyl (C=O) groups is 2. The average Bonchev–Trinajstić information content (AvgIpc) is 2.32. The maximum atomic E-state index is 11.5. The lowest BCUT2D eigenvalue weighted by Gasteiger charge is -2.07. The second-order valence-electron chi connectivity index (χ2n) is 3.80. The minimum Gasteiger partial charge on any atom is -0.466 e. The second kappa shape index (κ2) is 7.32. The first-order chi connectivity index (χ1) is 8.61. The quantitative estimate of drug-likeness (QED) is 0.786. The molecule has 0 bridgehead atoms. The number of hydrogen-bond donors (Lipinski definition) is 2. The molecule has 1 rings (SSSR count). The van der Waals surface area contributed by atoms with Gasteiger partial charge in [-0.25, -0.2) is 4.79 Å². The van der Waals surface area contributed by atoms with E-state index in [1.807, 2.05) is 31.2 Å². The molecule has 0 unspecified atom stereocenters. The van der Waals surface area contributed by atoms with Crippen molar-refractivity contribution in [3.63, 3.8) is 0 Å². The summed E-state index contributed by atoms with van der Waals surface area (Å²) in [7, 11) is 0. The standard InChI is InChI=1S/C13H18N2O3/c1-3-18-12(16)8-9-14-13(17)15-11-6-4-10(2)5-7-11/h4-7H,3,8-9H2,1-2H3,(H2,14,15,17). The van der Waals surface area contributed by atoms with Crippen LogP contribution in [-0.2, 0) is 9.53 Å². The van der Waals surface area contributed by atoms with Gasteiger partial charge in [-0.3, -0.25) is 4.79 Å². The molecule has 2 amide bonds. The van der Waals surface area contributed by atoms with Crippen molar-refractivity contribution < 1.29 is 14.3 Å². The zero-order valence-corrected chi connectivity index (χ0v) is 10.7. The normalized spacial score (nSPS) is 9.67. The molecule has 0 saturated carbocycles. The first-order valence-electron chi connectivity index (χ1n) is 5.89. The van der Waals surface area contributed by atoms with Gasteiger partial charge in [0.2, 0.25) is 0 Å². The van der Waals surface area contributed by atoms with Gasteiger partial charge < -0.3 is 15.4 Å². The van der Waals surface area contributed by atoms with Gasteiger partial charge in [0.05, 0.1) is 13.0 Å². The highest BCUT2D eigenvalue weighted by Gasteiger charge is 2.04. The van der Waals surface area contributed by atoms with Gasteiger partial charge in [-0.1, -0.05) is 17.7 Å². The molecule has 0 heterocycles. The van der Waals surface area contributed by atoms with Crippen LogP contribution in [0.4, 0.5) is 10.5 Å². The first-order valence-corrected chi connectivity index (χ1v) is 5.89. The summed E-state index contributed by atoms with van der Waals surface area (Å²) < 4.78 is 4.74. The molecule has 0 aliphatic heterocycles. The lowest BCUT2D eigenvalue weighted by molar-refractivity contribution is -0.142. The molecule has 0 aromatic heterocycles. The number of hydrogen-bond acceptors (Lipinski definition) is 3. The minimum atomic E-state index is -0.330. The van der Waals surface area contributed by atoms with E-state index < -0.39 is 0 Å². The van der Waals surface area contributed by atoms with E-state index in [9.17, 15) is 9.59 Å². The third-order valence-electron chi connectivity index (χ3n) is 2.23. The Kier molecular flexibility index (Phi) is 5.70. The van der Waals surface area contributed by atoms with E-state index in [1.54, 1.807) is 6.92 Å². The van der Waals surface area contributed by atoms with Gasteiger partial charge in [-0.05, 0) is 26.0 Å². The van der Waals surface area contributed by atoms with Gasteiger partial charge >= 0.3 is 12.0 Å². The third-order valence-corrected chi connectivity index (χ3v) is 2.23. The van der Waals surface area contributed by atoms with Crippen molar-refractivity contribution >= 4 is 17.7 Å². The number of ether oxygens (including phenoxy) is 1. The fraction of sp³-hybridized carbons (Fsp3) is 0.385. The highest BCUT2D eigenvalue weighted by atomic mass is 16.5. The molecule has 1 aromatic carbocycles. The lowest BCUT2D eigenvalue weighted by atomic mass is 10.2. The molecule has 5 nitrogen and oxygen atoms in total. The Labute approximate surface area is 107 Å². The number of anilines is 1. The molecular formula is C13H18N2O3. The van der Waals surface area contributed by atoms with Crippen LogP contribution in [0, 0.1) is 6.92 Å². The largest absolute Gasteiger partial charge is 0.466 e. The van der Waals surface area contributed by atoms with Crippen LogP contribution >= 0.6 is 0 Å². The average molecular weight is 250 g/mol. The Morgan fingerprint density at radius 2 is 1.89 bits per heavy atom. The van der Waals surface area contributed by atoms with E-state index >= 15 is 0 Å². The molecule has 0 atom stereocenters. The van der Waals surface area contributed by atoms with Crippen LogP contribution in [0.1, 0.15) is 18.9 Å². The summed E-state index contributed by atoms with van der Waals surface area (Å²) >= 11 is 0. The summed E-state index contributed by atoms with van der Waals surface area (Å²) in [5.74, 6) is -0.312. The van der Waals surface area contributed by atoms with E-state index in [0.29, 0.717) is 12.3 Å². The van der Waals surface area contributed by atoms with Gasteiger partial charge in [0.1, 0.15) is 0 Å². The first kappa shape index (κ1) is 14.0. The molecule has 18 heavy (non-hydrogen) atoms. The summed E-state index contributed by atoms with van der Waals surface area (Å²) in [6.07, 6.45) is 0.176. The van der Waals surface area contributed by atoms with Crippen LogP contribution in [0.25, 0.3) is 0 Å². The molecule has 1 aromatic rings. The molecule has 2 N–H and O–H groups in total. The highest BCUT2D eigenvalue weighted by molar-refractivity contribution is 5.89. The molecule has 0 saturated heterocycles. The predicted octanol–water partition coefficient (Wildman–Crippen LogP) is 2.07. The number of aryl methyl sites for hydroxylation is 1. The van der Waals surface area contributed by atoms with Crippen LogP contribution < -0.4 is 10.6 Å². The van der Waals surface area contributed by atoms with Crippen molar-refractivity contribution in [1.82, 2.24) is 5.32 Å². The van der Waals surface area contributed by atoms with Gasteiger partial charge in [-0.2, -0.15) is 0 Å². The topological polar surface area (TPSA) is 67.4 Å². The summed E-state index contributed by atoms with van der Waals surface area (Å²) in [5.41, 5.74) is 1.84. The van der Waals surface area contributed by atoms with Gasteiger partial charge in [0.25, 0.3) is 0 Å². The monoisotopic (exact) mass is 250 g/mol. The van der Waals surface area contributed by atoms with Crippen LogP contribution in [0.5, 0.6) is 0 Å². The number of nitrogens with one attached hydrogen (secondary N) is 2. The SMILES string of the molecule is CCOC(=O)CCNC(=O)Nc1ccc(C)cc1. The number of urea groups is 1. The highest BCUT2D eigenvalue weighted by Crippen LogP contribution is 2.07. The number of esters is 1. The Bertz CT molecular complexity index is 401. The van der Waals surface area contributed by atoms with Crippen LogP contribution in [0.2, 0.25) is 0 Å². The predicted molar refractivity (Wildman–Crippen MR) is 69.5 cm³/mol. The Morgan fingerprint density at radius 3 is 2.50 bits per heavy atom. The van der Waals surface area contributed by atoms with Crippen molar-refractivity contribution in [2.45, 2.75) is 20.3 Å². The van der Waals surface area contributed by atoms with E-state index in [0.717, 1.165) is 5.56 Å². The maximum absolute atomic E-state index is 11.5. The van der Waals surface area contributed by atoms with Crippen molar-refractivity contribution in [2.75, 3.05) is 18.5 Å². The molecule has 98 valence electrons. The molecule has 0 aliphatic rings. The molecular weight excluding hydrogens is 232 g/mol. The lowest BCUT2D eigenvalue weighted by Crippen LogP contribution is -2.30. The maximum Gasteiger partial charge on any atom is 0.319 e. The minimum absolute atomic E-state index is 0.176. The molecule has 0 fully saturated rings. The van der Waals surface area contributed by atoms with Crippen LogP contribution in [0.15, 0.2) is 24.3 Å². The van der Waals surface area contributed by atoms with Crippen molar-refractivity contribution in [3.8, 4) is 0 Å². The van der Waals surface area contributed by atoms with Crippen molar-refractivity contribution in [3.05, 3.63) is 29.8 Å². The molecule has 0 radical (unpaired) electrons. The van der Waals surface area contributed by atoms with E-state index in [-0.39, 0.29) is 25.0 Å². The molecule has 0 spiro atoms. The Hall–Kier alpha value is -2.04. The Morgan fingerprint density at radius 1 is 1.22 bits per heavy atom. The van der Waals surface area contributed by atoms with Crippen LogP contribution in [-0.4, -0.2) is 25.2 Å². The summed E-state index contributed by atoms with van der Waals surface area (Å²) in [5, 5.41) is 5.26. The number of benzene rings is 1. The summed E-state index contributed by atoms with van der Waals surface area (Å²) in [6.45, 7) is 4.34. The fourth-order valence-electron chi connectivity index (χ4n) is 1.32. The van der Waals surface area contributed by atoms with Gasteiger partial charge in [-0.15, -0.1) is 0 Å². The summed E-state index contributed by atoms with van der Waals surface area (Å²) in [4.78, 5) is 22.5. The fourth-order valence-corrected chi connectivity index (χ4v) is 1.32. The third kappa shape index (κ3) is 5.34. The number of amides is 2. The van der Waals surface area contributed by atoms with E-state index in [1.165, 1.54) is 0 Å². The van der Waals surface area contributed by atoms with Crippen molar-refractivity contribution in [1.29, 1.82) is 0 Å². The smallest absolute Gasteiger partial charge is 0.319 e. The molecule has 0 aliphatic carbocycles. The van der Waals surface area contributed by atoms with Crippen molar-refractivity contribution in [2.24, 2.45) is 0 Å². The van der Waals surface area contributed by atoms with Gasteiger partial charge in [0, 0.05) is 12.2 Å². The zero-order chi connectivity index (χ0) is 13.4. The summed E-state index contributed by atoms with van der Waals surface area (Å²) in [6, 6.07) is 7.13. The second-order valence-corrected chi connectivity index (χ2v) is 3.80. The number of rotatable bonds is 5. The Balaban J connectivity index is 2.25. The van der Waals surface area contributed by atoms with Gasteiger partial charge in [0.15, 0.2) is 0 Å². The van der Waals surface area contributed by atoms with Crippen LogP contribution in [0.3, 0.4) is 0 Å².